The largest absolute Gasteiger partial charge is 0.507 e. The van der Waals surface area contributed by atoms with E-state index in [9.17, 15) is 15.2 Å². The number of hydrogen-bond donors (Lipinski definition) is 1. The van der Waals surface area contributed by atoms with Crippen molar-refractivity contribution in [1.82, 2.24) is 4.57 Å². The number of nitriles is 1. The predicted octanol–water partition coefficient (Wildman–Crippen LogP) is 3.92. The molecular weight excluding hydrogens is 384 g/mol. The Morgan fingerprint density at radius 3 is 2.63 bits per heavy atom. The number of benzene rings is 2. The van der Waals surface area contributed by atoms with Gasteiger partial charge < -0.3 is 23.9 Å². The quantitative estimate of drug-likeness (QED) is 0.450. The molecule has 0 aliphatic rings. The second-order valence-electron chi connectivity index (χ2n) is 6.36. The van der Waals surface area contributed by atoms with Crippen molar-refractivity contribution in [3.8, 4) is 34.4 Å². The molecule has 0 aliphatic heterocycles. The van der Waals surface area contributed by atoms with Gasteiger partial charge in [0.2, 0.25) is 0 Å². The normalized spacial score (nSPS) is 10.4. The summed E-state index contributed by atoms with van der Waals surface area (Å²) in [5.41, 5.74) is 2.61. The maximum absolute atomic E-state index is 11.9. The first kappa shape index (κ1) is 21.0. The van der Waals surface area contributed by atoms with Crippen molar-refractivity contribution in [2.45, 2.75) is 6.92 Å². The Morgan fingerprint density at radius 2 is 1.93 bits per heavy atom. The SMILES string of the molecule is CCOC(=O)c1ccc(-n2cc(C#N)c(-c3ccccc3OCCOC)c2)cc1O. The van der Waals surface area contributed by atoms with Crippen LogP contribution in [-0.4, -0.2) is 42.6 Å². The Balaban J connectivity index is 1.98. The number of ether oxygens (including phenoxy) is 3. The number of hydrogen-bond acceptors (Lipinski definition) is 6. The number of methoxy groups -OCH3 is 1. The molecule has 0 unspecified atom stereocenters. The van der Waals surface area contributed by atoms with E-state index >= 15 is 0 Å². The number of para-hydroxylation sites is 1. The third-order valence-corrected chi connectivity index (χ3v) is 4.44. The minimum Gasteiger partial charge on any atom is -0.507 e. The lowest BCUT2D eigenvalue weighted by molar-refractivity contribution is 0.0523. The van der Waals surface area contributed by atoms with Crippen LogP contribution in [0.4, 0.5) is 0 Å². The molecule has 1 aromatic heterocycles. The predicted molar refractivity (Wildman–Crippen MR) is 111 cm³/mol. The van der Waals surface area contributed by atoms with Gasteiger partial charge in [-0.25, -0.2) is 4.79 Å². The van der Waals surface area contributed by atoms with Crippen LogP contribution in [0.3, 0.4) is 0 Å². The smallest absolute Gasteiger partial charge is 0.341 e. The maximum Gasteiger partial charge on any atom is 0.341 e. The van der Waals surface area contributed by atoms with Gasteiger partial charge in [0.25, 0.3) is 0 Å². The molecule has 0 aliphatic carbocycles. The number of carbonyl (C=O) groups excluding carboxylic acids is 1. The van der Waals surface area contributed by atoms with Crippen molar-refractivity contribution in [2.24, 2.45) is 0 Å². The van der Waals surface area contributed by atoms with Gasteiger partial charge in [-0.1, -0.05) is 18.2 Å². The van der Waals surface area contributed by atoms with Gasteiger partial charge in [-0.05, 0) is 25.1 Å². The van der Waals surface area contributed by atoms with Crippen LogP contribution in [0.2, 0.25) is 0 Å². The lowest BCUT2D eigenvalue weighted by Crippen LogP contribution is -2.05. The minimum atomic E-state index is -0.588. The lowest BCUT2D eigenvalue weighted by Gasteiger charge is -2.10. The van der Waals surface area contributed by atoms with Gasteiger partial charge >= 0.3 is 5.97 Å². The summed E-state index contributed by atoms with van der Waals surface area (Å²) < 4.78 is 17.5. The fourth-order valence-corrected chi connectivity index (χ4v) is 3.02. The monoisotopic (exact) mass is 406 g/mol. The molecule has 7 heteroatoms. The standard InChI is InChI=1S/C23H22N2O5/c1-3-29-23(27)19-9-8-17(12-21(19)26)25-14-16(13-24)20(15-25)18-6-4-5-7-22(18)30-11-10-28-2/h4-9,12,14-15,26H,3,10-11H2,1-2H3. The molecule has 2 aromatic carbocycles. The van der Waals surface area contributed by atoms with Crippen molar-refractivity contribution >= 4 is 5.97 Å². The van der Waals surface area contributed by atoms with Crippen LogP contribution in [0.25, 0.3) is 16.8 Å². The highest BCUT2D eigenvalue weighted by molar-refractivity contribution is 5.92. The molecule has 154 valence electrons. The van der Waals surface area contributed by atoms with Crippen LogP contribution in [0, 0.1) is 11.3 Å². The molecule has 30 heavy (non-hydrogen) atoms. The van der Waals surface area contributed by atoms with Crippen LogP contribution in [-0.2, 0) is 9.47 Å². The van der Waals surface area contributed by atoms with Crippen LogP contribution >= 0.6 is 0 Å². The molecule has 3 aromatic rings. The molecule has 3 rings (SSSR count). The van der Waals surface area contributed by atoms with Gasteiger partial charge in [-0.15, -0.1) is 0 Å². The second kappa shape index (κ2) is 9.63. The van der Waals surface area contributed by atoms with Crippen molar-refractivity contribution in [2.75, 3.05) is 26.9 Å². The highest BCUT2D eigenvalue weighted by atomic mass is 16.5. The van der Waals surface area contributed by atoms with E-state index in [2.05, 4.69) is 6.07 Å². The van der Waals surface area contributed by atoms with Gasteiger partial charge in [0, 0.05) is 42.4 Å². The summed E-state index contributed by atoms with van der Waals surface area (Å²) in [6.07, 6.45) is 3.45. The molecule has 0 radical (unpaired) electrons. The number of carbonyl (C=O) groups is 1. The summed E-state index contributed by atoms with van der Waals surface area (Å²) in [5.74, 6) is -0.137. The Kier molecular flexibility index (Phi) is 6.73. The van der Waals surface area contributed by atoms with E-state index in [1.165, 1.54) is 12.1 Å². The zero-order valence-electron chi connectivity index (χ0n) is 16.8. The average Bonchev–Trinajstić information content (AvgIpc) is 3.18. The molecule has 1 N–H and O–H groups in total. The number of esters is 1. The Bertz CT molecular complexity index is 1080. The number of nitrogens with zero attached hydrogens (tertiary/aromatic N) is 2. The number of aromatic nitrogens is 1. The molecular formula is C23H22N2O5. The molecule has 1 heterocycles. The number of rotatable bonds is 8. The fourth-order valence-electron chi connectivity index (χ4n) is 3.02. The van der Waals surface area contributed by atoms with Crippen LogP contribution in [0.15, 0.2) is 54.9 Å². The molecule has 0 saturated heterocycles. The zero-order chi connectivity index (χ0) is 21.5. The van der Waals surface area contributed by atoms with Crippen molar-refractivity contribution in [3.05, 3.63) is 66.0 Å². The first-order chi connectivity index (χ1) is 14.6. The maximum atomic E-state index is 11.9. The molecule has 0 atom stereocenters. The first-order valence-electron chi connectivity index (χ1n) is 9.42. The second-order valence-corrected chi connectivity index (χ2v) is 6.36. The number of aromatic hydroxyl groups is 1. The van der Waals surface area contributed by atoms with Crippen LogP contribution < -0.4 is 4.74 Å². The number of phenols is 1. The van der Waals surface area contributed by atoms with E-state index in [1.807, 2.05) is 24.3 Å². The summed E-state index contributed by atoms with van der Waals surface area (Å²) in [7, 11) is 1.60. The third-order valence-electron chi connectivity index (χ3n) is 4.44. The molecule has 7 nitrogen and oxygen atoms in total. The van der Waals surface area contributed by atoms with E-state index in [1.54, 1.807) is 37.1 Å². The first-order valence-corrected chi connectivity index (χ1v) is 9.42. The lowest BCUT2D eigenvalue weighted by atomic mass is 10.0. The Morgan fingerprint density at radius 1 is 1.13 bits per heavy atom. The highest BCUT2D eigenvalue weighted by Gasteiger charge is 2.16. The summed E-state index contributed by atoms with van der Waals surface area (Å²) in [6.45, 7) is 2.76. The summed E-state index contributed by atoms with van der Waals surface area (Å²) in [6, 6.07) is 14.3. The van der Waals surface area contributed by atoms with E-state index < -0.39 is 5.97 Å². The van der Waals surface area contributed by atoms with Crippen molar-refractivity contribution in [1.29, 1.82) is 5.26 Å². The summed E-state index contributed by atoms with van der Waals surface area (Å²) in [5, 5.41) is 19.9. The Hall–Kier alpha value is -3.76. The fraction of sp³-hybridized carbons (Fsp3) is 0.217. The van der Waals surface area contributed by atoms with E-state index in [-0.39, 0.29) is 17.9 Å². The molecule has 0 fully saturated rings. The minimum absolute atomic E-state index is 0.0883. The van der Waals surface area contributed by atoms with E-state index in [0.29, 0.717) is 35.8 Å². The average molecular weight is 406 g/mol. The van der Waals surface area contributed by atoms with E-state index in [0.717, 1.165) is 5.56 Å². The number of phenolic OH excluding ortho intramolecular Hbond substituents is 1. The van der Waals surface area contributed by atoms with Crippen molar-refractivity contribution < 1.29 is 24.1 Å². The van der Waals surface area contributed by atoms with Crippen molar-refractivity contribution in [3.63, 3.8) is 0 Å². The van der Waals surface area contributed by atoms with Gasteiger partial charge in [-0.3, -0.25) is 0 Å². The Labute approximate surface area is 174 Å². The summed E-state index contributed by atoms with van der Waals surface area (Å²) in [4.78, 5) is 11.9. The third kappa shape index (κ3) is 4.45. The van der Waals surface area contributed by atoms with E-state index in [4.69, 9.17) is 14.2 Å². The van der Waals surface area contributed by atoms with Crippen LogP contribution in [0.1, 0.15) is 22.8 Å². The van der Waals surface area contributed by atoms with Gasteiger partial charge in [0.1, 0.15) is 29.7 Å². The zero-order valence-corrected chi connectivity index (χ0v) is 16.8. The summed E-state index contributed by atoms with van der Waals surface area (Å²) >= 11 is 0. The molecule has 0 saturated carbocycles. The molecule has 0 amide bonds. The van der Waals surface area contributed by atoms with Crippen LogP contribution in [0.5, 0.6) is 11.5 Å². The molecule has 0 bridgehead atoms. The molecule has 0 spiro atoms. The van der Waals surface area contributed by atoms with Gasteiger partial charge in [-0.2, -0.15) is 5.26 Å². The topological polar surface area (TPSA) is 93.7 Å². The van der Waals surface area contributed by atoms with Gasteiger partial charge in [0.05, 0.1) is 18.8 Å². The highest BCUT2D eigenvalue weighted by Crippen LogP contribution is 2.34. The van der Waals surface area contributed by atoms with Gasteiger partial charge in [0.15, 0.2) is 0 Å².